The van der Waals surface area contributed by atoms with Crippen LogP contribution in [0.3, 0.4) is 0 Å². The van der Waals surface area contributed by atoms with Crippen LogP contribution in [0.5, 0.6) is 11.5 Å². The third-order valence-corrected chi connectivity index (χ3v) is 4.20. The lowest BCUT2D eigenvalue weighted by molar-refractivity contribution is 0.0947. The smallest absolute Gasteiger partial charge is 0.251 e. The predicted octanol–water partition coefficient (Wildman–Crippen LogP) is 2.34. The number of benzene rings is 2. The highest BCUT2D eigenvalue weighted by Gasteiger charge is 2.12. The molecule has 1 heterocycles. The lowest BCUT2D eigenvalue weighted by atomic mass is 10.1. The van der Waals surface area contributed by atoms with E-state index < -0.39 is 0 Å². The lowest BCUT2D eigenvalue weighted by Crippen LogP contribution is -2.36. The van der Waals surface area contributed by atoms with Gasteiger partial charge in [-0.3, -0.25) is 4.79 Å². The van der Waals surface area contributed by atoms with E-state index in [4.69, 9.17) is 14.2 Å². The van der Waals surface area contributed by atoms with Crippen molar-refractivity contribution in [3.63, 3.8) is 0 Å². The van der Waals surface area contributed by atoms with E-state index in [9.17, 15) is 4.79 Å². The number of carbonyl (C=O) groups excluding carboxylic acids is 1. The first-order valence-electron chi connectivity index (χ1n) is 8.74. The SMILES string of the molecule is COc1cccc(OCCNC(=O)c2ccc(N3CCOCC3)cc2)c1. The largest absolute Gasteiger partial charge is 0.497 e. The van der Waals surface area contributed by atoms with Gasteiger partial charge in [0.15, 0.2) is 0 Å². The molecule has 0 aromatic heterocycles. The quantitative estimate of drug-likeness (QED) is 0.772. The van der Waals surface area contributed by atoms with Crippen molar-refractivity contribution in [2.45, 2.75) is 0 Å². The van der Waals surface area contributed by atoms with Crippen LogP contribution < -0.4 is 19.7 Å². The average molecular weight is 356 g/mol. The van der Waals surface area contributed by atoms with Crippen LogP contribution in [0, 0.1) is 0 Å². The maximum absolute atomic E-state index is 12.2. The number of anilines is 1. The topological polar surface area (TPSA) is 60.0 Å². The van der Waals surface area contributed by atoms with Gasteiger partial charge in [0.25, 0.3) is 5.91 Å². The van der Waals surface area contributed by atoms with Crippen molar-refractivity contribution in [3.8, 4) is 11.5 Å². The van der Waals surface area contributed by atoms with Gasteiger partial charge in [0.2, 0.25) is 0 Å². The number of nitrogens with zero attached hydrogens (tertiary/aromatic N) is 1. The van der Waals surface area contributed by atoms with E-state index in [0.717, 1.165) is 37.7 Å². The molecule has 0 saturated carbocycles. The molecule has 0 bridgehead atoms. The summed E-state index contributed by atoms with van der Waals surface area (Å²) < 4.78 is 16.1. The number of morpholine rings is 1. The van der Waals surface area contributed by atoms with Crippen LogP contribution in [0.25, 0.3) is 0 Å². The minimum absolute atomic E-state index is 0.104. The first-order chi connectivity index (χ1) is 12.8. The molecule has 1 aliphatic rings. The Bertz CT molecular complexity index is 712. The van der Waals surface area contributed by atoms with Crippen LogP contribution in [0.15, 0.2) is 48.5 Å². The zero-order valence-electron chi connectivity index (χ0n) is 14.9. The molecule has 0 aliphatic carbocycles. The molecule has 1 fully saturated rings. The zero-order valence-corrected chi connectivity index (χ0v) is 14.9. The average Bonchev–Trinajstić information content (AvgIpc) is 2.72. The van der Waals surface area contributed by atoms with E-state index in [0.29, 0.717) is 24.5 Å². The van der Waals surface area contributed by atoms with E-state index in [-0.39, 0.29) is 5.91 Å². The summed E-state index contributed by atoms with van der Waals surface area (Å²) in [5.74, 6) is 1.35. The molecule has 0 unspecified atom stereocenters. The van der Waals surface area contributed by atoms with Crippen LogP contribution >= 0.6 is 0 Å². The van der Waals surface area contributed by atoms with Gasteiger partial charge in [-0.15, -0.1) is 0 Å². The third kappa shape index (κ3) is 4.89. The summed E-state index contributed by atoms with van der Waals surface area (Å²) in [5.41, 5.74) is 1.76. The summed E-state index contributed by atoms with van der Waals surface area (Å²) in [7, 11) is 1.61. The Labute approximate surface area is 153 Å². The minimum atomic E-state index is -0.104. The van der Waals surface area contributed by atoms with Crippen LogP contribution in [0.2, 0.25) is 0 Å². The van der Waals surface area contributed by atoms with Crippen molar-refractivity contribution >= 4 is 11.6 Å². The van der Waals surface area contributed by atoms with E-state index in [1.54, 1.807) is 7.11 Å². The standard InChI is InChI=1S/C20H24N2O4/c1-24-18-3-2-4-19(15-18)26-12-9-21-20(23)16-5-7-17(8-6-16)22-10-13-25-14-11-22/h2-8,15H,9-14H2,1H3,(H,21,23). The first kappa shape index (κ1) is 18.1. The summed E-state index contributed by atoms with van der Waals surface area (Å²) in [6.07, 6.45) is 0. The lowest BCUT2D eigenvalue weighted by Gasteiger charge is -2.28. The zero-order chi connectivity index (χ0) is 18.2. The fourth-order valence-electron chi connectivity index (χ4n) is 2.77. The molecule has 1 saturated heterocycles. The molecule has 1 N–H and O–H groups in total. The van der Waals surface area contributed by atoms with E-state index >= 15 is 0 Å². The van der Waals surface area contributed by atoms with Gasteiger partial charge in [-0.1, -0.05) is 6.07 Å². The summed E-state index contributed by atoms with van der Waals surface area (Å²) in [6, 6.07) is 15.0. The van der Waals surface area contributed by atoms with E-state index in [1.165, 1.54) is 0 Å². The molecule has 0 radical (unpaired) electrons. The Morgan fingerprint density at radius 2 is 1.85 bits per heavy atom. The van der Waals surface area contributed by atoms with Crippen molar-refractivity contribution < 1.29 is 19.0 Å². The molecular weight excluding hydrogens is 332 g/mol. The minimum Gasteiger partial charge on any atom is -0.497 e. The second-order valence-electron chi connectivity index (χ2n) is 5.93. The number of hydrogen-bond donors (Lipinski definition) is 1. The van der Waals surface area contributed by atoms with Gasteiger partial charge in [-0.05, 0) is 36.4 Å². The number of rotatable bonds is 7. The molecule has 1 amide bonds. The highest BCUT2D eigenvalue weighted by Crippen LogP contribution is 2.19. The second-order valence-corrected chi connectivity index (χ2v) is 5.93. The molecule has 6 nitrogen and oxygen atoms in total. The molecule has 3 rings (SSSR count). The normalized spacial score (nSPS) is 14.0. The summed E-state index contributed by atoms with van der Waals surface area (Å²) in [5, 5.41) is 2.87. The monoisotopic (exact) mass is 356 g/mol. The Morgan fingerprint density at radius 3 is 2.58 bits per heavy atom. The van der Waals surface area contributed by atoms with E-state index in [1.807, 2.05) is 48.5 Å². The third-order valence-electron chi connectivity index (χ3n) is 4.20. The number of amides is 1. The predicted molar refractivity (Wildman–Crippen MR) is 100 cm³/mol. The van der Waals surface area contributed by atoms with Crippen LogP contribution in [0.4, 0.5) is 5.69 Å². The maximum Gasteiger partial charge on any atom is 0.251 e. The van der Waals surface area contributed by atoms with Crippen molar-refractivity contribution in [2.75, 3.05) is 51.5 Å². The van der Waals surface area contributed by atoms with Crippen LogP contribution in [-0.4, -0.2) is 52.5 Å². The van der Waals surface area contributed by atoms with Gasteiger partial charge in [0, 0.05) is 30.4 Å². The number of ether oxygens (including phenoxy) is 3. The maximum atomic E-state index is 12.2. The molecule has 26 heavy (non-hydrogen) atoms. The highest BCUT2D eigenvalue weighted by atomic mass is 16.5. The second kappa shape index (κ2) is 9.10. The molecule has 6 heteroatoms. The number of hydrogen-bond acceptors (Lipinski definition) is 5. The van der Waals surface area contributed by atoms with Crippen molar-refractivity contribution in [1.29, 1.82) is 0 Å². The van der Waals surface area contributed by atoms with Crippen molar-refractivity contribution in [1.82, 2.24) is 5.32 Å². The molecular formula is C20H24N2O4. The Hall–Kier alpha value is -2.73. The Kier molecular flexibility index (Phi) is 6.33. The van der Waals surface area contributed by atoms with Gasteiger partial charge in [0.05, 0.1) is 26.9 Å². The molecule has 1 aliphatic heterocycles. The van der Waals surface area contributed by atoms with Gasteiger partial charge in [-0.2, -0.15) is 0 Å². The van der Waals surface area contributed by atoms with Gasteiger partial charge >= 0.3 is 0 Å². The molecule has 138 valence electrons. The van der Waals surface area contributed by atoms with Gasteiger partial charge in [0.1, 0.15) is 18.1 Å². The molecule has 2 aromatic carbocycles. The number of carbonyl (C=O) groups is 1. The molecule has 0 atom stereocenters. The van der Waals surface area contributed by atoms with Crippen LogP contribution in [-0.2, 0) is 4.74 Å². The summed E-state index contributed by atoms with van der Waals surface area (Å²) in [6.45, 7) is 4.08. The van der Waals surface area contributed by atoms with Crippen LogP contribution in [0.1, 0.15) is 10.4 Å². The number of methoxy groups -OCH3 is 1. The summed E-state index contributed by atoms with van der Waals surface area (Å²) in [4.78, 5) is 14.5. The first-order valence-corrected chi connectivity index (χ1v) is 8.74. The van der Waals surface area contributed by atoms with Crippen molar-refractivity contribution in [2.24, 2.45) is 0 Å². The Balaban J connectivity index is 1.44. The highest BCUT2D eigenvalue weighted by molar-refractivity contribution is 5.94. The fourth-order valence-corrected chi connectivity index (χ4v) is 2.77. The van der Waals surface area contributed by atoms with Gasteiger partial charge < -0.3 is 24.4 Å². The number of nitrogens with one attached hydrogen (secondary N) is 1. The fraction of sp³-hybridized carbons (Fsp3) is 0.350. The molecule has 2 aromatic rings. The Morgan fingerprint density at radius 1 is 1.12 bits per heavy atom. The van der Waals surface area contributed by atoms with Crippen molar-refractivity contribution in [3.05, 3.63) is 54.1 Å². The summed E-state index contributed by atoms with van der Waals surface area (Å²) >= 11 is 0. The molecule has 0 spiro atoms. The van der Waals surface area contributed by atoms with E-state index in [2.05, 4.69) is 10.2 Å². The van der Waals surface area contributed by atoms with Gasteiger partial charge in [-0.25, -0.2) is 0 Å².